The number of hydrogen-bond acceptors (Lipinski definition) is 3. The van der Waals surface area contributed by atoms with Crippen molar-refractivity contribution in [1.82, 2.24) is 0 Å². The van der Waals surface area contributed by atoms with E-state index in [1.54, 1.807) is 6.07 Å². The highest BCUT2D eigenvalue weighted by Gasteiger charge is 2.21. The molecule has 2 aromatic rings. The summed E-state index contributed by atoms with van der Waals surface area (Å²) in [6, 6.07) is 17.7. The Morgan fingerprint density at radius 1 is 1.14 bits per heavy atom. The minimum Gasteiger partial charge on any atom is -0.465 e. The molecular formula is C19H17NO2. The van der Waals surface area contributed by atoms with Gasteiger partial charge in [0.05, 0.1) is 18.4 Å². The summed E-state index contributed by atoms with van der Waals surface area (Å²) in [4.78, 5) is 16.3. The van der Waals surface area contributed by atoms with Crippen molar-refractivity contribution >= 4 is 11.7 Å². The van der Waals surface area contributed by atoms with Crippen LogP contribution in [0.4, 0.5) is 0 Å². The van der Waals surface area contributed by atoms with Gasteiger partial charge in [0.1, 0.15) is 0 Å². The predicted octanol–water partition coefficient (Wildman–Crippen LogP) is 3.96. The molecule has 1 heterocycles. The monoisotopic (exact) mass is 291 g/mol. The summed E-state index contributed by atoms with van der Waals surface area (Å²) in [5, 5.41) is 0. The molecule has 0 radical (unpaired) electrons. The summed E-state index contributed by atoms with van der Waals surface area (Å²) in [7, 11) is 1.40. The zero-order valence-electron chi connectivity index (χ0n) is 12.4. The molecule has 1 atom stereocenters. The molecule has 0 aliphatic carbocycles. The van der Waals surface area contributed by atoms with Crippen molar-refractivity contribution in [1.29, 1.82) is 0 Å². The van der Waals surface area contributed by atoms with Gasteiger partial charge in [-0.05, 0) is 29.7 Å². The standard InChI is InChI=1S/C19H17NO2/c1-22-19(21)16-10-5-9-15(13-16)17-11-6-12-20-18(17)14-7-3-2-4-8-14/h2-10,12-13,17H,11H2,1H3/t17-/m0/s1. The minimum absolute atomic E-state index is 0.150. The third-order valence-corrected chi connectivity index (χ3v) is 3.80. The van der Waals surface area contributed by atoms with Crippen molar-refractivity contribution in [3.8, 4) is 0 Å². The third-order valence-electron chi connectivity index (χ3n) is 3.80. The van der Waals surface area contributed by atoms with E-state index in [2.05, 4.69) is 23.2 Å². The number of hydrogen-bond donors (Lipinski definition) is 0. The number of allylic oxidation sites excluding steroid dienone is 1. The van der Waals surface area contributed by atoms with Crippen LogP contribution in [0.3, 0.4) is 0 Å². The van der Waals surface area contributed by atoms with Crippen LogP contribution in [0.15, 0.2) is 71.9 Å². The predicted molar refractivity (Wildman–Crippen MR) is 87.3 cm³/mol. The molecule has 0 spiro atoms. The Labute approximate surface area is 130 Å². The van der Waals surface area contributed by atoms with Crippen LogP contribution in [-0.4, -0.2) is 18.8 Å². The Balaban J connectivity index is 1.98. The maximum Gasteiger partial charge on any atom is 0.337 e. The summed E-state index contributed by atoms with van der Waals surface area (Å²) in [6.45, 7) is 0. The lowest BCUT2D eigenvalue weighted by Gasteiger charge is -2.21. The van der Waals surface area contributed by atoms with Gasteiger partial charge in [-0.2, -0.15) is 0 Å². The molecule has 3 rings (SSSR count). The SMILES string of the molecule is COC(=O)c1cccc([C@@H]2CC=CN=C2c2ccccc2)c1. The molecule has 0 fully saturated rings. The van der Waals surface area contributed by atoms with E-state index in [0.717, 1.165) is 23.3 Å². The first kappa shape index (κ1) is 14.3. The van der Waals surface area contributed by atoms with Crippen molar-refractivity contribution in [2.75, 3.05) is 7.11 Å². The third kappa shape index (κ3) is 2.84. The van der Waals surface area contributed by atoms with Crippen molar-refractivity contribution < 1.29 is 9.53 Å². The summed E-state index contributed by atoms with van der Waals surface area (Å²) in [5.41, 5.74) is 3.79. The van der Waals surface area contributed by atoms with Crippen molar-refractivity contribution in [2.45, 2.75) is 12.3 Å². The van der Waals surface area contributed by atoms with E-state index in [9.17, 15) is 4.79 Å². The Kier molecular flexibility index (Phi) is 4.15. The van der Waals surface area contributed by atoms with Gasteiger partial charge >= 0.3 is 5.97 Å². The van der Waals surface area contributed by atoms with Crippen LogP contribution >= 0.6 is 0 Å². The fourth-order valence-corrected chi connectivity index (χ4v) is 2.71. The zero-order valence-corrected chi connectivity index (χ0v) is 12.4. The van der Waals surface area contributed by atoms with Crippen molar-refractivity contribution in [2.24, 2.45) is 4.99 Å². The van der Waals surface area contributed by atoms with E-state index >= 15 is 0 Å². The zero-order chi connectivity index (χ0) is 15.4. The molecule has 0 saturated carbocycles. The molecule has 0 saturated heterocycles. The first-order valence-corrected chi connectivity index (χ1v) is 7.26. The maximum absolute atomic E-state index is 11.7. The lowest BCUT2D eigenvalue weighted by atomic mass is 9.85. The molecule has 1 aliphatic rings. The Hall–Kier alpha value is -2.68. The lowest BCUT2D eigenvalue weighted by Crippen LogP contribution is -2.16. The molecule has 3 nitrogen and oxygen atoms in total. The van der Waals surface area contributed by atoms with Gasteiger partial charge in [-0.15, -0.1) is 0 Å². The highest BCUT2D eigenvalue weighted by Crippen LogP contribution is 2.29. The molecule has 0 bridgehead atoms. The van der Waals surface area contributed by atoms with Gasteiger partial charge in [0, 0.05) is 12.1 Å². The molecule has 0 N–H and O–H groups in total. The van der Waals surface area contributed by atoms with E-state index < -0.39 is 0 Å². The fourth-order valence-electron chi connectivity index (χ4n) is 2.71. The lowest BCUT2D eigenvalue weighted by molar-refractivity contribution is 0.0600. The first-order valence-electron chi connectivity index (χ1n) is 7.26. The topological polar surface area (TPSA) is 38.7 Å². The maximum atomic E-state index is 11.7. The van der Waals surface area contributed by atoms with Gasteiger partial charge in [0.2, 0.25) is 0 Å². The van der Waals surface area contributed by atoms with Crippen LogP contribution < -0.4 is 0 Å². The molecule has 22 heavy (non-hydrogen) atoms. The summed E-state index contributed by atoms with van der Waals surface area (Å²) in [6.07, 6.45) is 4.78. The first-order chi connectivity index (χ1) is 10.8. The summed E-state index contributed by atoms with van der Waals surface area (Å²) >= 11 is 0. The number of carbonyl (C=O) groups excluding carboxylic acids is 1. The van der Waals surface area contributed by atoms with E-state index in [-0.39, 0.29) is 11.9 Å². The number of carbonyl (C=O) groups is 1. The molecule has 1 aliphatic heterocycles. The summed E-state index contributed by atoms with van der Waals surface area (Å²) in [5.74, 6) is -0.164. The van der Waals surface area contributed by atoms with Crippen LogP contribution in [0, 0.1) is 0 Å². The highest BCUT2D eigenvalue weighted by atomic mass is 16.5. The minimum atomic E-state index is -0.314. The van der Waals surface area contributed by atoms with Crippen LogP contribution in [0.5, 0.6) is 0 Å². The Morgan fingerprint density at radius 3 is 2.73 bits per heavy atom. The second kappa shape index (κ2) is 6.39. The number of benzene rings is 2. The quantitative estimate of drug-likeness (QED) is 0.803. The summed E-state index contributed by atoms with van der Waals surface area (Å²) < 4.78 is 4.81. The Morgan fingerprint density at radius 2 is 1.95 bits per heavy atom. The van der Waals surface area contributed by atoms with Crippen molar-refractivity contribution in [3.63, 3.8) is 0 Å². The van der Waals surface area contributed by atoms with Crippen LogP contribution in [0.2, 0.25) is 0 Å². The molecule has 3 heteroatoms. The van der Waals surface area contributed by atoms with Crippen LogP contribution in [0.25, 0.3) is 0 Å². The number of aliphatic imine (C=N–C) groups is 1. The van der Waals surface area contributed by atoms with Crippen molar-refractivity contribution in [3.05, 3.63) is 83.6 Å². The Bertz CT molecular complexity index is 732. The van der Waals surface area contributed by atoms with Gasteiger partial charge in [0.15, 0.2) is 0 Å². The van der Waals surface area contributed by atoms with Crippen LogP contribution in [0.1, 0.15) is 33.8 Å². The largest absolute Gasteiger partial charge is 0.465 e. The normalized spacial score (nSPS) is 17.0. The van der Waals surface area contributed by atoms with Gasteiger partial charge in [-0.1, -0.05) is 48.5 Å². The average Bonchev–Trinajstić information content (AvgIpc) is 2.62. The number of nitrogens with zero attached hydrogens (tertiary/aromatic N) is 1. The van der Waals surface area contributed by atoms with E-state index in [1.165, 1.54) is 7.11 Å². The second-order valence-corrected chi connectivity index (χ2v) is 5.17. The molecule has 110 valence electrons. The number of ether oxygens (including phenoxy) is 1. The molecule has 2 aromatic carbocycles. The molecule has 0 aromatic heterocycles. The molecular weight excluding hydrogens is 274 g/mol. The number of methoxy groups -OCH3 is 1. The smallest absolute Gasteiger partial charge is 0.337 e. The van der Waals surface area contributed by atoms with Gasteiger partial charge in [-0.3, -0.25) is 4.99 Å². The molecule has 0 unspecified atom stereocenters. The average molecular weight is 291 g/mol. The van der Waals surface area contributed by atoms with Gasteiger partial charge in [-0.25, -0.2) is 4.79 Å². The van der Waals surface area contributed by atoms with E-state index in [4.69, 9.17) is 4.74 Å². The number of rotatable bonds is 3. The van der Waals surface area contributed by atoms with Crippen LogP contribution in [-0.2, 0) is 4.74 Å². The van der Waals surface area contributed by atoms with Gasteiger partial charge in [0.25, 0.3) is 0 Å². The van der Waals surface area contributed by atoms with Gasteiger partial charge < -0.3 is 4.74 Å². The fraction of sp³-hybridized carbons (Fsp3) is 0.158. The number of esters is 1. The highest BCUT2D eigenvalue weighted by molar-refractivity contribution is 6.06. The van der Waals surface area contributed by atoms with E-state index in [1.807, 2.05) is 42.6 Å². The molecule has 0 amide bonds. The second-order valence-electron chi connectivity index (χ2n) is 5.17. The van der Waals surface area contributed by atoms with E-state index in [0.29, 0.717) is 5.56 Å².